The molecular weight excluding hydrogens is 530 g/mol. The van der Waals surface area contributed by atoms with Crippen LogP contribution in [0.3, 0.4) is 0 Å². The van der Waals surface area contributed by atoms with Crippen LogP contribution in [0.25, 0.3) is 10.2 Å². The summed E-state index contributed by atoms with van der Waals surface area (Å²) >= 11 is 1.44. The first-order chi connectivity index (χ1) is 19.4. The summed E-state index contributed by atoms with van der Waals surface area (Å²) < 4.78 is 23.3. The number of oxime groups is 1. The lowest BCUT2D eigenvalue weighted by Gasteiger charge is -2.14. The van der Waals surface area contributed by atoms with Gasteiger partial charge in [-0.1, -0.05) is 41.6 Å². The highest BCUT2D eigenvalue weighted by Gasteiger charge is 2.27. The zero-order valence-electron chi connectivity index (χ0n) is 23.1. The summed E-state index contributed by atoms with van der Waals surface area (Å²) in [5, 5.41) is 7.73. The Hall–Kier alpha value is -4.31. The number of ether oxygens (including phenoxy) is 4. The lowest BCUT2D eigenvalue weighted by Crippen LogP contribution is -2.20. The fourth-order valence-corrected chi connectivity index (χ4v) is 5.35. The third kappa shape index (κ3) is 5.67. The number of hydrogen-bond donors (Lipinski definition) is 1. The molecule has 1 unspecified atom stereocenters. The van der Waals surface area contributed by atoms with E-state index < -0.39 is 0 Å². The normalized spacial score (nSPS) is 14.4. The summed E-state index contributed by atoms with van der Waals surface area (Å²) in [6, 6.07) is 15.7. The second-order valence-corrected chi connectivity index (χ2v) is 10.3. The SMILES string of the molecule is CCc1ccc2sc(NC(=O)COc3cc(C4CC(c5cc(OC)c(OC)c(OC)c5)=NO4)ccc3C)nc2c1. The van der Waals surface area contributed by atoms with Crippen LogP contribution in [0.4, 0.5) is 5.13 Å². The molecule has 208 valence electrons. The monoisotopic (exact) mass is 561 g/mol. The van der Waals surface area contributed by atoms with E-state index in [0.29, 0.717) is 34.6 Å². The van der Waals surface area contributed by atoms with Crippen molar-refractivity contribution in [1.82, 2.24) is 4.98 Å². The minimum atomic E-state index is -0.304. The maximum absolute atomic E-state index is 12.6. The van der Waals surface area contributed by atoms with Crippen LogP contribution in [0.2, 0.25) is 0 Å². The largest absolute Gasteiger partial charge is 0.493 e. The molecule has 1 atom stereocenters. The van der Waals surface area contributed by atoms with Crippen LogP contribution < -0.4 is 24.3 Å². The van der Waals surface area contributed by atoms with Crippen molar-refractivity contribution in [2.24, 2.45) is 5.16 Å². The number of carbonyl (C=O) groups is 1. The van der Waals surface area contributed by atoms with Crippen molar-refractivity contribution >= 4 is 38.3 Å². The van der Waals surface area contributed by atoms with Crippen LogP contribution in [0.1, 0.15) is 41.7 Å². The molecule has 0 fully saturated rings. The van der Waals surface area contributed by atoms with Crippen molar-refractivity contribution in [2.45, 2.75) is 32.8 Å². The van der Waals surface area contributed by atoms with E-state index in [0.717, 1.165) is 39.0 Å². The highest BCUT2D eigenvalue weighted by atomic mass is 32.1. The number of amides is 1. The minimum Gasteiger partial charge on any atom is -0.493 e. The molecule has 0 saturated heterocycles. The summed E-state index contributed by atoms with van der Waals surface area (Å²) in [4.78, 5) is 23.0. The number of rotatable bonds is 10. The van der Waals surface area contributed by atoms with E-state index in [-0.39, 0.29) is 18.6 Å². The first-order valence-corrected chi connectivity index (χ1v) is 13.7. The molecule has 10 heteroatoms. The van der Waals surface area contributed by atoms with E-state index in [4.69, 9.17) is 23.8 Å². The van der Waals surface area contributed by atoms with Crippen LogP contribution in [0.5, 0.6) is 23.0 Å². The predicted octanol–water partition coefficient (Wildman–Crippen LogP) is 6.08. The topological polar surface area (TPSA) is 101 Å². The van der Waals surface area contributed by atoms with E-state index in [1.807, 2.05) is 43.3 Å². The fourth-order valence-electron chi connectivity index (χ4n) is 4.49. The third-order valence-electron chi connectivity index (χ3n) is 6.72. The number of aromatic nitrogens is 1. The average molecular weight is 562 g/mol. The van der Waals surface area contributed by atoms with Crippen molar-refractivity contribution in [3.63, 3.8) is 0 Å². The Labute approximate surface area is 236 Å². The van der Waals surface area contributed by atoms with Crippen LogP contribution in [0, 0.1) is 6.92 Å². The van der Waals surface area contributed by atoms with Gasteiger partial charge in [-0.15, -0.1) is 0 Å². The fraction of sp³-hybridized carbons (Fsp3) is 0.300. The minimum absolute atomic E-state index is 0.140. The van der Waals surface area contributed by atoms with E-state index in [1.54, 1.807) is 21.3 Å². The summed E-state index contributed by atoms with van der Waals surface area (Å²) in [5.41, 5.74) is 5.47. The molecule has 1 aliphatic heterocycles. The lowest BCUT2D eigenvalue weighted by molar-refractivity contribution is -0.118. The Morgan fingerprint density at radius 3 is 2.50 bits per heavy atom. The Balaban J connectivity index is 1.24. The first kappa shape index (κ1) is 27.3. The Morgan fingerprint density at radius 1 is 1.02 bits per heavy atom. The smallest absolute Gasteiger partial charge is 0.264 e. The van der Waals surface area contributed by atoms with E-state index in [9.17, 15) is 4.79 Å². The Morgan fingerprint density at radius 2 is 1.80 bits per heavy atom. The molecule has 1 N–H and O–H groups in total. The molecule has 0 spiro atoms. The maximum atomic E-state index is 12.6. The van der Waals surface area contributed by atoms with Crippen LogP contribution in [0.15, 0.2) is 53.7 Å². The van der Waals surface area contributed by atoms with Gasteiger partial charge in [-0.2, -0.15) is 0 Å². The molecule has 40 heavy (non-hydrogen) atoms. The quantitative estimate of drug-likeness (QED) is 0.251. The maximum Gasteiger partial charge on any atom is 0.264 e. The van der Waals surface area contributed by atoms with Gasteiger partial charge >= 0.3 is 0 Å². The molecule has 1 amide bonds. The number of fused-ring (bicyclic) bond motifs is 1. The second-order valence-electron chi connectivity index (χ2n) is 9.29. The molecule has 4 aromatic rings. The first-order valence-electron chi connectivity index (χ1n) is 12.9. The van der Waals surface area contributed by atoms with Gasteiger partial charge in [0.15, 0.2) is 29.3 Å². The predicted molar refractivity (Wildman–Crippen MR) is 155 cm³/mol. The van der Waals surface area contributed by atoms with E-state index in [1.165, 1.54) is 16.9 Å². The average Bonchev–Trinajstić information content (AvgIpc) is 3.62. The number of benzene rings is 3. The van der Waals surface area contributed by atoms with Crippen LogP contribution in [-0.4, -0.2) is 44.5 Å². The molecule has 3 aromatic carbocycles. The van der Waals surface area contributed by atoms with Gasteiger partial charge in [-0.3, -0.25) is 10.1 Å². The number of nitrogens with zero attached hydrogens (tertiary/aromatic N) is 2. The van der Waals surface area contributed by atoms with E-state index in [2.05, 4.69) is 34.5 Å². The lowest BCUT2D eigenvalue weighted by atomic mass is 9.98. The summed E-state index contributed by atoms with van der Waals surface area (Å²) in [5.74, 6) is 1.94. The van der Waals surface area contributed by atoms with Gasteiger partial charge in [-0.25, -0.2) is 4.98 Å². The van der Waals surface area contributed by atoms with Crippen LogP contribution in [-0.2, 0) is 16.1 Å². The molecule has 5 rings (SSSR count). The van der Waals surface area contributed by atoms with E-state index >= 15 is 0 Å². The van der Waals surface area contributed by atoms with Crippen molar-refractivity contribution < 1.29 is 28.6 Å². The standard InChI is InChI=1S/C30H31N3O6S/c1-6-18-8-10-27-22(11-18)31-30(40-27)32-28(34)16-38-23-12-19(9-7-17(23)2)24-15-21(33-39-24)20-13-25(35-3)29(37-5)26(14-20)36-4/h7-14,24H,6,15-16H2,1-5H3,(H,31,32,34). The van der Waals surface area contributed by atoms with Crippen molar-refractivity contribution in [2.75, 3.05) is 33.3 Å². The summed E-state index contributed by atoms with van der Waals surface area (Å²) in [6.07, 6.45) is 1.17. The van der Waals surface area contributed by atoms with Gasteiger partial charge in [0.2, 0.25) is 5.75 Å². The molecule has 1 aliphatic rings. The van der Waals surface area contributed by atoms with Crippen molar-refractivity contribution in [3.05, 3.63) is 70.8 Å². The van der Waals surface area contributed by atoms with Gasteiger partial charge in [0.25, 0.3) is 5.91 Å². The molecule has 0 aliphatic carbocycles. The molecule has 9 nitrogen and oxygen atoms in total. The second kappa shape index (κ2) is 11.8. The van der Waals surface area contributed by atoms with Gasteiger partial charge in [0.1, 0.15) is 5.75 Å². The number of methoxy groups -OCH3 is 3. The molecule has 1 aromatic heterocycles. The number of thiazole rings is 1. The third-order valence-corrected chi connectivity index (χ3v) is 7.67. The number of aryl methyl sites for hydroxylation is 2. The van der Waals surface area contributed by atoms with Crippen molar-refractivity contribution in [3.8, 4) is 23.0 Å². The van der Waals surface area contributed by atoms with Crippen molar-refractivity contribution in [1.29, 1.82) is 0 Å². The molecule has 0 radical (unpaired) electrons. The molecule has 0 bridgehead atoms. The highest BCUT2D eigenvalue weighted by molar-refractivity contribution is 7.22. The van der Waals surface area contributed by atoms with Gasteiger partial charge in [0, 0.05) is 12.0 Å². The number of carbonyl (C=O) groups excluding carboxylic acids is 1. The van der Waals surface area contributed by atoms with Crippen LogP contribution >= 0.6 is 11.3 Å². The Kier molecular flexibility index (Phi) is 8.06. The molecular formula is C30H31N3O6S. The number of nitrogens with one attached hydrogen (secondary N) is 1. The van der Waals surface area contributed by atoms with Gasteiger partial charge in [-0.05, 0) is 60.4 Å². The molecule has 2 heterocycles. The highest BCUT2D eigenvalue weighted by Crippen LogP contribution is 2.40. The summed E-state index contributed by atoms with van der Waals surface area (Å²) in [7, 11) is 4.72. The number of anilines is 1. The van der Waals surface area contributed by atoms with Gasteiger partial charge in [0.05, 0.1) is 37.3 Å². The Bertz CT molecular complexity index is 1560. The summed E-state index contributed by atoms with van der Waals surface area (Å²) in [6.45, 7) is 3.90. The zero-order chi connectivity index (χ0) is 28.2. The van der Waals surface area contributed by atoms with Gasteiger partial charge < -0.3 is 23.8 Å². The zero-order valence-corrected chi connectivity index (χ0v) is 23.9. The number of hydrogen-bond acceptors (Lipinski definition) is 9. The molecule has 0 saturated carbocycles.